The Morgan fingerprint density at radius 1 is 1.11 bits per heavy atom. The Labute approximate surface area is 112 Å². The summed E-state index contributed by atoms with van der Waals surface area (Å²) in [4.78, 5) is 8.22. The Morgan fingerprint density at radius 2 is 1.95 bits per heavy atom. The third-order valence-electron chi connectivity index (χ3n) is 2.28. The Balaban J connectivity index is 1.93. The summed E-state index contributed by atoms with van der Waals surface area (Å²) in [5, 5.41) is 12.7. The lowest BCUT2D eigenvalue weighted by Crippen LogP contribution is -1.99. The van der Waals surface area contributed by atoms with Crippen molar-refractivity contribution in [2.75, 3.05) is 5.73 Å². The van der Waals surface area contributed by atoms with Crippen LogP contribution in [0.5, 0.6) is 0 Å². The second-order valence-corrected chi connectivity index (χ2v) is 4.51. The van der Waals surface area contributed by atoms with Gasteiger partial charge in [0.2, 0.25) is 5.16 Å². The Kier molecular flexibility index (Phi) is 3.07. The lowest BCUT2D eigenvalue weighted by Gasteiger charge is -2.02. The highest BCUT2D eigenvalue weighted by Gasteiger charge is 2.11. The zero-order valence-electron chi connectivity index (χ0n) is 9.71. The summed E-state index contributed by atoms with van der Waals surface area (Å²) in [5.41, 5.74) is 6.49. The van der Waals surface area contributed by atoms with Crippen LogP contribution < -0.4 is 5.73 Å². The molecule has 94 valence electrons. The maximum Gasteiger partial charge on any atom is 0.221 e. The fourth-order valence-electron chi connectivity index (χ4n) is 1.46. The van der Waals surface area contributed by atoms with Gasteiger partial charge in [-0.1, -0.05) is 18.2 Å². The molecule has 8 heteroatoms. The number of hydrogen-bond acceptors (Lipinski definition) is 7. The van der Waals surface area contributed by atoms with Crippen molar-refractivity contribution in [1.82, 2.24) is 30.2 Å². The maximum atomic E-state index is 5.61. The standard InChI is InChI=1S/C11H9N7S/c12-9-6-7-13-10(14-9)19-11-15-16-17-18(11)8-4-2-1-3-5-8/h1-7H,(H2,12,13,14). The molecule has 0 amide bonds. The second kappa shape index (κ2) is 5.02. The van der Waals surface area contributed by atoms with Crippen molar-refractivity contribution >= 4 is 17.6 Å². The Bertz CT molecular complexity index is 682. The first-order valence-electron chi connectivity index (χ1n) is 5.43. The van der Waals surface area contributed by atoms with Crippen molar-refractivity contribution in [3.05, 3.63) is 42.6 Å². The molecule has 0 saturated heterocycles. The first-order chi connectivity index (χ1) is 9.33. The van der Waals surface area contributed by atoms with Crippen molar-refractivity contribution in [3.63, 3.8) is 0 Å². The minimum Gasteiger partial charge on any atom is -0.384 e. The molecule has 0 bridgehead atoms. The van der Waals surface area contributed by atoms with E-state index in [9.17, 15) is 0 Å². The number of tetrazole rings is 1. The van der Waals surface area contributed by atoms with Gasteiger partial charge in [0.15, 0.2) is 5.16 Å². The minimum atomic E-state index is 0.413. The van der Waals surface area contributed by atoms with E-state index in [4.69, 9.17) is 5.73 Å². The van der Waals surface area contributed by atoms with E-state index in [0.717, 1.165) is 5.69 Å². The normalized spacial score (nSPS) is 10.5. The number of hydrogen-bond donors (Lipinski definition) is 1. The fraction of sp³-hybridized carbons (Fsp3) is 0. The fourth-order valence-corrected chi connectivity index (χ4v) is 2.19. The van der Waals surface area contributed by atoms with Gasteiger partial charge in [-0.2, -0.15) is 4.68 Å². The largest absolute Gasteiger partial charge is 0.384 e. The van der Waals surface area contributed by atoms with Crippen LogP contribution in [0.15, 0.2) is 52.9 Å². The summed E-state index contributed by atoms with van der Waals surface area (Å²) >= 11 is 1.25. The molecule has 7 nitrogen and oxygen atoms in total. The van der Waals surface area contributed by atoms with Gasteiger partial charge in [-0.3, -0.25) is 0 Å². The lowest BCUT2D eigenvalue weighted by atomic mass is 10.3. The summed E-state index contributed by atoms with van der Waals surface area (Å²) in [5.74, 6) is 0.413. The van der Waals surface area contributed by atoms with Gasteiger partial charge >= 0.3 is 0 Å². The number of rotatable bonds is 3. The summed E-state index contributed by atoms with van der Waals surface area (Å²) in [6, 6.07) is 11.2. The molecule has 3 rings (SSSR count). The zero-order valence-corrected chi connectivity index (χ0v) is 10.5. The molecule has 0 radical (unpaired) electrons. The zero-order chi connectivity index (χ0) is 13.1. The topological polar surface area (TPSA) is 95.4 Å². The molecular weight excluding hydrogens is 262 g/mol. The van der Waals surface area contributed by atoms with Crippen LogP contribution in [0.25, 0.3) is 5.69 Å². The Morgan fingerprint density at radius 3 is 2.74 bits per heavy atom. The van der Waals surface area contributed by atoms with Crippen molar-refractivity contribution < 1.29 is 0 Å². The first kappa shape index (κ1) is 11.6. The third kappa shape index (κ3) is 2.52. The highest BCUT2D eigenvalue weighted by molar-refractivity contribution is 7.99. The predicted molar refractivity (Wildman–Crippen MR) is 69.7 cm³/mol. The SMILES string of the molecule is Nc1ccnc(Sc2nnnn2-c2ccccc2)n1. The molecule has 19 heavy (non-hydrogen) atoms. The smallest absolute Gasteiger partial charge is 0.221 e. The van der Waals surface area contributed by atoms with Crippen LogP contribution in [0.2, 0.25) is 0 Å². The summed E-state index contributed by atoms with van der Waals surface area (Å²) < 4.78 is 1.62. The average Bonchev–Trinajstić information content (AvgIpc) is 2.88. The molecular formula is C11H9N7S. The summed E-state index contributed by atoms with van der Waals surface area (Å²) in [6.07, 6.45) is 1.60. The van der Waals surface area contributed by atoms with E-state index in [1.54, 1.807) is 16.9 Å². The minimum absolute atomic E-state index is 0.413. The van der Waals surface area contributed by atoms with Gasteiger partial charge in [-0.15, -0.1) is 5.10 Å². The molecule has 0 aliphatic carbocycles. The van der Waals surface area contributed by atoms with Crippen LogP contribution in [0.3, 0.4) is 0 Å². The van der Waals surface area contributed by atoms with E-state index >= 15 is 0 Å². The number of aromatic nitrogens is 6. The first-order valence-corrected chi connectivity index (χ1v) is 6.25. The number of nitrogen functional groups attached to an aromatic ring is 1. The molecule has 0 fully saturated rings. The van der Waals surface area contributed by atoms with Gasteiger partial charge in [-0.05, 0) is 40.4 Å². The van der Waals surface area contributed by atoms with E-state index in [0.29, 0.717) is 16.1 Å². The molecule has 0 aliphatic heterocycles. The van der Waals surface area contributed by atoms with Crippen LogP contribution in [0.1, 0.15) is 0 Å². The third-order valence-corrected chi connectivity index (χ3v) is 3.10. The number of nitrogens with two attached hydrogens (primary N) is 1. The van der Waals surface area contributed by atoms with Crippen LogP contribution in [0, 0.1) is 0 Å². The molecule has 1 aromatic carbocycles. The maximum absolute atomic E-state index is 5.61. The van der Waals surface area contributed by atoms with E-state index < -0.39 is 0 Å². The van der Waals surface area contributed by atoms with Gasteiger partial charge in [-0.25, -0.2) is 9.97 Å². The molecule has 2 aromatic heterocycles. The van der Waals surface area contributed by atoms with Gasteiger partial charge in [0.05, 0.1) is 5.69 Å². The quantitative estimate of drug-likeness (QED) is 0.715. The average molecular weight is 271 g/mol. The number of benzene rings is 1. The van der Waals surface area contributed by atoms with E-state index in [-0.39, 0.29) is 0 Å². The van der Waals surface area contributed by atoms with Crippen molar-refractivity contribution in [2.45, 2.75) is 10.3 Å². The molecule has 3 aromatic rings. The molecule has 2 heterocycles. The number of para-hydroxylation sites is 1. The molecule has 0 spiro atoms. The lowest BCUT2D eigenvalue weighted by molar-refractivity contribution is 0.755. The van der Waals surface area contributed by atoms with Gasteiger partial charge in [0, 0.05) is 6.20 Å². The molecule has 0 aliphatic rings. The second-order valence-electron chi connectivity index (χ2n) is 3.57. The highest BCUT2D eigenvalue weighted by Crippen LogP contribution is 2.23. The van der Waals surface area contributed by atoms with Gasteiger partial charge in [0.25, 0.3) is 0 Å². The predicted octanol–water partition coefficient (Wildman–Crippen LogP) is 1.19. The molecule has 0 atom stereocenters. The molecule has 0 saturated carbocycles. The van der Waals surface area contributed by atoms with E-state index in [1.165, 1.54) is 11.8 Å². The molecule has 2 N–H and O–H groups in total. The van der Waals surface area contributed by atoms with Gasteiger partial charge in [0.1, 0.15) is 5.82 Å². The van der Waals surface area contributed by atoms with E-state index in [1.807, 2.05) is 30.3 Å². The summed E-state index contributed by atoms with van der Waals surface area (Å²) in [7, 11) is 0. The Hall–Kier alpha value is -2.48. The van der Waals surface area contributed by atoms with Gasteiger partial charge < -0.3 is 5.73 Å². The highest BCUT2D eigenvalue weighted by atomic mass is 32.2. The summed E-state index contributed by atoms with van der Waals surface area (Å²) in [6.45, 7) is 0. The van der Waals surface area contributed by atoms with Crippen LogP contribution in [-0.4, -0.2) is 30.2 Å². The van der Waals surface area contributed by atoms with Crippen LogP contribution in [-0.2, 0) is 0 Å². The molecule has 0 unspecified atom stereocenters. The van der Waals surface area contributed by atoms with Crippen LogP contribution in [0.4, 0.5) is 5.82 Å². The van der Waals surface area contributed by atoms with Crippen molar-refractivity contribution in [2.24, 2.45) is 0 Å². The van der Waals surface area contributed by atoms with Crippen LogP contribution >= 0.6 is 11.8 Å². The number of nitrogens with zero attached hydrogens (tertiary/aromatic N) is 6. The van der Waals surface area contributed by atoms with Crippen molar-refractivity contribution in [3.8, 4) is 5.69 Å². The van der Waals surface area contributed by atoms with E-state index in [2.05, 4.69) is 25.5 Å². The monoisotopic (exact) mass is 271 g/mol. The van der Waals surface area contributed by atoms with Crippen molar-refractivity contribution in [1.29, 1.82) is 0 Å². The number of anilines is 1.